The summed E-state index contributed by atoms with van der Waals surface area (Å²) in [6, 6.07) is 5.92. The molecule has 2 aromatic heterocycles. The number of thiophene rings is 1. The molecule has 0 aliphatic carbocycles. The largest absolute Gasteiger partial charge is 0.345 e. The molecule has 0 radical (unpaired) electrons. The molecule has 1 fully saturated rings. The van der Waals surface area contributed by atoms with Crippen molar-refractivity contribution in [2.75, 3.05) is 13.1 Å². The summed E-state index contributed by atoms with van der Waals surface area (Å²) < 4.78 is 0. The summed E-state index contributed by atoms with van der Waals surface area (Å²) >= 11 is 1.69. The number of nitrogens with one attached hydrogen (secondary N) is 1. The average molecular weight is 317 g/mol. The first-order valence-electron chi connectivity index (χ1n) is 7.58. The summed E-state index contributed by atoms with van der Waals surface area (Å²) in [6.45, 7) is 1.50. The summed E-state index contributed by atoms with van der Waals surface area (Å²) in [5.41, 5.74) is 0.564. The van der Waals surface area contributed by atoms with E-state index in [-0.39, 0.29) is 17.5 Å². The molecule has 1 N–H and O–H groups in total. The fourth-order valence-electron chi connectivity index (χ4n) is 2.92. The zero-order chi connectivity index (χ0) is 15.4. The van der Waals surface area contributed by atoms with Crippen molar-refractivity contribution in [3.8, 4) is 0 Å². The Kier molecular flexibility index (Phi) is 4.68. The Morgan fingerprint density at radius 1 is 1.45 bits per heavy atom. The normalized spacial score (nSPS) is 18.4. The Labute approximate surface area is 133 Å². The number of rotatable bonds is 4. The van der Waals surface area contributed by atoms with Gasteiger partial charge >= 0.3 is 5.69 Å². The lowest BCUT2D eigenvalue weighted by atomic mass is 9.94. The quantitative estimate of drug-likeness (QED) is 0.940. The first kappa shape index (κ1) is 15.0. The molecule has 2 aromatic rings. The highest BCUT2D eigenvalue weighted by Crippen LogP contribution is 2.25. The molecule has 0 bridgehead atoms. The van der Waals surface area contributed by atoms with Gasteiger partial charge in [-0.3, -0.25) is 4.79 Å². The lowest BCUT2D eigenvalue weighted by Crippen LogP contribution is -2.39. The number of amides is 1. The van der Waals surface area contributed by atoms with Crippen LogP contribution in [-0.2, 0) is 11.2 Å². The zero-order valence-corrected chi connectivity index (χ0v) is 13.1. The summed E-state index contributed by atoms with van der Waals surface area (Å²) in [4.78, 5) is 33.3. The van der Waals surface area contributed by atoms with Crippen molar-refractivity contribution < 1.29 is 4.79 Å². The first-order valence-corrected chi connectivity index (χ1v) is 8.46. The molecule has 6 heteroatoms. The van der Waals surface area contributed by atoms with Gasteiger partial charge in [0.1, 0.15) is 0 Å². The smallest absolute Gasteiger partial charge is 0.342 e. The predicted molar refractivity (Wildman–Crippen MR) is 86.1 cm³/mol. The van der Waals surface area contributed by atoms with Gasteiger partial charge in [0.05, 0.1) is 0 Å². The van der Waals surface area contributed by atoms with Gasteiger partial charge in [0.25, 0.3) is 0 Å². The number of likely N-dealkylation sites (tertiary alicyclic amines) is 1. The summed E-state index contributed by atoms with van der Waals surface area (Å²) in [5, 5.41) is 2.04. The van der Waals surface area contributed by atoms with E-state index in [0.717, 1.165) is 31.5 Å². The fraction of sp³-hybridized carbons (Fsp3) is 0.438. The van der Waals surface area contributed by atoms with Gasteiger partial charge in [-0.05, 0) is 36.8 Å². The Balaban J connectivity index is 1.60. The number of aromatic amines is 1. The predicted octanol–water partition coefficient (Wildman–Crippen LogP) is 2.17. The van der Waals surface area contributed by atoms with E-state index in [0.29, 0.717) is 13.0 Å². The summed E-state index contributed by atoms with van der Waals surface area (Å²) in [5.74, 6) is 0.407. The molecule has 5 nitrogen and oxygen atoms in total. The second-order valence-electron chi connectivity index (χ2n) is 5.59. The average Bonchev–Trinajstić information content (AvgIpc) is 3.06. The first-order chi connectivity index (χ1) is 10.7. The molecule has 0 unspecified atom stereocenters. The summed E-state index contributed by atoms with van der Waals surface area (Å²) in [6.07, 6.45) is 4.87. The molecule has 3 heterocycles. The van der Waals surface area contributed by atoms with Crippen LogP contribution in [0.1, 0.15) is 35.8 Å². The highest BCUT2D eigenvalue weighted by Gasteiger charge is 2.25. The molecule has 1 aliphatic rings. The van der Waals surface area contributed by atoms with Crippen molar-refractivity contribution in [3.05, 3.63) is 50.8 Å². The van der Waals surface area contributed by atoms with Crippen molar-refractivity contribution >= 4 is 17.2 Å². The van der Waals surface area contributed by atoms with Crippen molar-refractivity contribution in [1.82, 2.24) is 14.9 Å². The van der Waals surface area contributed by atoms with E-state index >= 15 is 0 Å². The van der Waals surface area contributed by atoms with E-state index in [9.17, 15) is 9.59 Å². The van der Waals surface area contributed by atoms with Gasteiger partial charge in [-0.25, -0.2) is 9.78 Å². The Morgan fingerprint density at radius 3 is 3.14 bits per heavy atom. The highest BCUT2D eigenvalue weighted by atomic mass is 32.1. The lowest BCUT2D eigenvalue weighted by Gasteiger charge is -2.32. The molecule has 1 amide bonds. The number of carbonyl (C=O) groups excluding carboxylic acids is 1. The standard InChI is InChI=1S/C16H19N3O2S/c20-15(6-5-13-4-2-10-22-13)19-9-1-3-12(11-19)14-7-8-17-16(21)18-14/h2,4,7-8,10,12H,1,3,5-6,9,11H2,(H,17,18,21)/t12-/m1/s1. The molecule has 0 spiro atoms. The van der Waals surface area contributed by atoms with Gasteiger partial charge in [0.2, 0.25) is 5.91 Å². The second-order valence-corrected chi connectivity index (χ2v) is 6.62. The topological polar surface area (TPSA) is 66.1 Å². The van der Waals surface area contributed by atoms with Gasteiger partial charge in [-0.15, -0.1) is 11.3 Å². The zero-order valence-electron chi connectivity index (χ0n) is 12.3. The number of carbonyl (C=O) groups is 1. The lowest BCUT2D eigenvalue weighted by molar-refractivity contribution is -0.132. The minimum Gasteiger partial charge on any atom is -0.342 e. The third-order valence-electron chi connectivity index (χ3n) is 4.08. The third kappa shape index (κ3) is 3.62. The van der Waals surface area contributed by atoms with Gasteiger partial charge in [0, 0.05) is 42.2 Å². The van der Waals surface area contributed by atoms with E-state index in [4.69, 9.17) is 0 Å². The molecule has 3 rings (SSSR count). The van der Waals surface area contributed by atoms with Gasteiger partial charge in [0.15, 0.2) is 0 Å². The van der Waals surface area contributed by atoms with E-state index in [1.54, 1.807) is 11.3 Å². The Hall–Kier alpha value is -1.95. The molecule has 22 heavy (non-hydrogen) atoms. The molecule has 0 aromatic carbocycles. The molecule has 1 saturated heterocycles. The van der Waals surface area contributed by atoms with Gasteiger partial charge in [-0.2, -0.15) is 0 Å². The number of hydrogen-bond acceptors (Lipinski definition) is 4. The van der Waals surface area contributed by atoms with Gasteiger partial charge < -0.3 is 9.88 Å². The Bertz CT molecular complexity index is 681. The van der Waals surface area contributed by atoms with Crippen molar-refractivity contribution in [2.24, 2.45) is 0 Å². The number of aryl methyl sites for hydroxylation is 1. The summed E-state index contributed by atoms with van der Waals surface area (Å²) in [7, 11) is 0. The van der Waals surface area contributed by atoms with E-state index in [2.05, 4.69) is 16.0 Å². The molecule has 1 atom stereocenters. The van der Waals surface area contributed by atoms with E-state index < -0.39 is 0 Å². The maximum Gasteiger partial charge on any atom is 0.345 e. The minimum absolute atomic E-state index is 0.203. The van der Waals surface area contributed by atoms with Crippen LogP contribution in [0, 0.1) is 0 Å². The highest BCUT2D eigenvalue weighted by molar-refractivity contribution is 7.09. The Morgan fingerprint density at radius 2 is 2.36 bits per heavy atom. The molecule has 0 saturated carbocycles. The van der Waals surface area contributed by atoms with Crippen LogP contribution in [0.15, 0.2) is 34.6 Å². The second kappa shape index (κ2) is 6.87. The maximum atomic E-state index is 12.4. The van der Waals surface area contributed by atoms with Crippen LogP contribution in [0.4, 0.5) is 0 Å². The molecular formula is C16H19N3O2S. The molecule has 1 aliphatic heterocycles. The van der Waals surface area contributed by atoms with Crippen molar-refractivity contribution in [1.29, 1.82) is 0 Å². The van der Waals surface area contributed by atoms with Crippen molar-refractivity contribution in [2.45, 2.75) is 31.6 Å². The van der Waals surface area contributed by atoms with Crippen LogP contribution >= 0.6 is 11.3 Å². The number of nitrogens with zero attached hydrogens (tertiary/aromatic N) is 2. The maximum absolute atomic E-state index is 12.4. The third-order valence-corrected chi connectivity index (χ3v) is 5.01. The number of aromatic nitrogens is 2. The van der Waals surface area contributed by atoms with Crippen LogP contribution in [-0.4, -0.2) is 33.9 Å². The van der Waals surface area contributed by atoms with Crippen LogP contribution in [0.2, 0.25) is 0 Å². The van der Waals surface area contributed by atoms with Crippen molar-refractivity contribution in [3.63, 3.8) is 0 Å². The SMILES string of the molecule is O=C(CCc1cccs1)N1CCC[C@@H](c2ccnc(=O)[nH]2)C1. The van der Waals surface area contributed by atoms with E-state index in [1.165, 1.54) is 11.1 Å². The van der Waals surface area contributed by atoms with Crippen LogP contribution in [0.5, 0.6) is 0 Å². The molecule has 116 valence electrons. The number of piperidine rings is 1. The minimum atomic E-state index is -0.321. The molecular weight excluding hydrogens is 298 g/mol. The van der Waals surface area contributed by atoms with Crippen LogP contribution in [0.25, 0.3) is 0 Å². The van der Waals surface area contributed by atoms with Gasteiger partial charge in [-0.1, -0.05) is 6.07 Å². The number of hydrogen-bond donors (Lipinski definition) is 1. The monoisotopic (exact) mass is 317 g/mol. The van der Waals surface area contributed by atoms with Crippen LogP contribution in [0.3, 0.4) is 0 Å². The number of H-pyrrole nitrogens is 1. The van der Waals surface area contributed by atoms with Crippen LogP contribution < -0.4 is 5.69 Å². The fourth-order valence-corrected chi connectivity index (χ4v) is 3.63. The van der Waals surface area contributed by atoms with E-state index in [1.807, 2.05) is 22.4 Å².